The first kappa shape index (κ1) is 12.6. The van der Waals surface area contributed by atoms with Gasteiger partial charge < -0.3 is 11.1 Å². The maximum atomic E-state index is 11.7. The van der Waals surface area contributed by atoms with E-state index in [4.69, 9.17) is 5.73 Å². The fourth-order valence-corrected chi connectivity index (χ4v) is 2.24. The molecule has 18 heavy (non-hydrogen) atoms. The molecule has 0 bridgehead atoms. The Balaban J connectivity index is 1.77. The molecule has 0 atom stereocenters. The quantitative estimate of drug-likeness (QED) is 0.804. The molecule has 1 amide bonds. The average molecular weight is 261 g/mol. The van der Waals surface area contributed by atoms with Crippen molar-refractivity contribution in [3.8, 4) is 0 Å². The predicted octanol–water partition coefficient (Wildman–Crippen LogP) is 1.63. The van der Waals surface area contributed by atoms with Gasteiger partial charge in [0.15, 0.2) is 0 Å². The highest BCUT2D eigenvalue weighted by Gasteiger charge is 2.05. The number of nitrogens with zero attached hydrogens (tertiary/aromatic N) is 1. The molecule has 0 unspecified atom stereocenters. The van der Waals surface area contributed by atoms with Crippen molar-refractivity contribution >= 4 is 22.9 Å². The van der Waals surface area contributed by atoms with Crippen LogP contribution in [-0.2, 0) is 17.6 Å². The standard InChI is InChI=1S/C13H15N3OS/c14-11-4-2-1-3-10(11)9-12(17)15-6-5-13-16-7-8-18-13/h1-4,7-8H,5-6,9,14H2,(H,15,17). The van der Waals surface area contributed by atoms with Gasteiger partial charge in [-0.25, -0.2) is 4.98 Å². The largest absolute Gasteiger partial charge is 0.398 e. The third-order valence-electron chi connectivity index (χ3n) is 2.55. The smallest absolute Gasteiger partial charge is 0.224 e. The van der Waals surface area contributed by atoms with Crippen molar-refractivity contribution in [2.75, 3.05) is 12.3 Å². The summed E-state index contributed by atoms with van der Waals surface area (Å²) in [6.07, 6.45) is 2.87. The number of thiazole rings is 1. The lowest BCUT2D eigenvalue weighted by atomic mass is 10.1. The molecule has 0 aliphatic rings. The molecule has 0 saturated carbocycles. The number of para-hydroxylation sites is 1. The minimum atomic E-state index is -0.00976. The number of nitrogen functional groups attached to an aromatic ring is 1. The zero-order chi connectivity index (χ0) is 12.8. The molecule has 1 aromatic carbocycles. The Morgan fingerprint density at radius 1 is 1.39 bits per heavy atom. The monoisotopic (exact) mass is 261 g/mol. The van der Waals surface area contributed by atoms with E-state index in [0.29, 0.717) is 18.7 Å². The normalized spacial score (nSPS) is 10.2. The second-order valence-corrected chi connectivity index (χ2v) is 4.88. The van der Waals surface area contributed by atoms with Crippen molar-refractivity contribution in [3.05, 3.63) is 46.4 Å². The number of hydrogen-bond donors (Lipinski definition) is 2. The lowest BCUT2D eigenvalue weighted by Gasteiger charge is -2.06. The summed E-state index contributed by atoms with van der Waals surface area (Å²) < 4.78 is 0. The fraction of sp³-hybridized carbons (Fsp3) is 0.231. The second-order valence-electron chi connectivity index (χ2n) is 3.90. The first-order valence-electron chi connectivity index (χ1n) is 5.74. The first-order chi connectivity index (χ1) is 8.75. The van der Waals surface area contributed by atoms with Crippen LogP contribution in [0.4, 0.5) is 5.69 Å². The number of amides is 1. The van der Waals surface area contributed by atoms with Crippen LogP contribution in [0.15, 0.2) is 35.8 Å². The number of carbonyl (C=O) groups excluding carboxylic acids is 1. The van der Waals surface area contributed by atoms with E-state index in [2.05, 4.69) is 10.3 Å². The molecule has 0 spiro atoms. The minimum absolute atomic E-state index is 0.00976. The summed E-state index contributed by atoms with van der Waals surface area (Å²) in [4.78, 5) is 15.9. The van der Waals surface area contributed by atoms with E-state index < -0.39 is 0 Å². The molecule has 3 N–H and O–H groups in total. The van der Waals surface area contributed by atoms with Crippen molar-refractivity contribution in [3.63, 3.8) is 0 Å². The zero-order valence-electron chi connectivity index (χ0n) is 9.93. The SMILES string of the molecule is Nc1ccccc1CC(=O)NCCc1nccs1. The lowest BCUT2D eigenvalue weighted by molar-refractivity contribution is -0.120. The summed E-state index contributed by atoms with van der Waals surface area (Å²) in [5.41, 5.74) is 7.31. The number of carbonyl (C=O) groups is 1. The Labute approximate surface area is 110 Å². The van der Waals surface area contributed by atoms with Crippen molar-refractivity contribution < 1.29 is 4.79 Å². The average Bonchev–Trinajstić information content (AvgIpc) is 2.85. The summed E-state index contributed by atoms with van der Waals surface area (Å²) in [7, 11) is 0. The molecule has 2 aromatic rings. The van der Waals surface area contributed by atoms with Crippen LogP contribution in [0.2, 0.25) is 0 Å². The summed E-state index contributed by atoms with van der Waals surface area (Å²) in [6.45, 7) is 0.610. The van der Waals surface area contributed by atoms with E-state index >= 15 is 0 Å². The van der Waals surface area contributed by atoms with Gasteiger partial charge in [0, 0.05) is 30.2 Å². The number of benzene rings is 1. The summed E-state index contributed by atoms with van der Waals surface area (Å²) >= 11 is 1.60. The Morgan fingerprint density at radius 2 is 2.22 bits per heavy atom. The molecule has 0 radical (unpaired) electrons. The van der Waals surface area contributed by atoms with Gasteiger partial charge in [0.25, 0.3) is 0 Å². The van der Waals surface area contributed by atoms with Crippen LogP contribution in [0.25, 0.3) is 0 Å². The number of hydrogen-bond acceptors (Lipinski definition) is 4. The van der Waals surface area contributed by atoms with Crippen LogP contribution in [0, 0.1) is 0 Å². The Hall–Kier alpha value is -1.88. The third kappa shape index (κ3) is 3.56. The summed E-state index contributed by atoms with van der Waals surface area (Å²) in [6, 6.07) is 7.42. The van der Waals surface area contributed by atoms with Crippen molar-refractivity contribution in [1.82, 2.24) is 10.3 Å². The maximum Gasteiger partial charge on any atom is 0.224 e. The zero-order valence-corrected chi connectivity index (χ0v) is 10.7. The number of nitrogens with one attached hydrogen (secondary N) is 1. The Morgan fingerprint density at radius 3 is 2.94 bits per heavy atom. The van der Waals surface area contributed by atoms with E-state index in [-0.39, 0.29) is 5.91 Å². The van der Waals surface area contributed by atoms with Crippen LogP contribution in [-0.4, -0.2) is 17.4 Å². The van der Waals surface area contributed by atoms with E-state index in [9.17, 15) is 4.79 Å². The van der Waals surface area contributed by atoms with Gasteiger partial charge in [-0.1, -0.05) is 18.2 Å². The van der Waals surface area contributed by atoms with Crippen molar-refractivity contribution in [1.29, 1.82) is 0 Å². The second kappa shape index (κ2) is 6.16. The molecule has 0 aliphatic carbocycles. The highest BCUT2D eigenvalue weighted by atomic mass is 32.1. The number of nitrogens with two attached hydrogens (primary N) is 1. The maximum absolute atomic E-state index is 11.7. The molecule has 0 saturated heterocycles. The van der Waals surface area contributed by atoms with Crippen LogP contribution in [0.3, 0.4) is 0 Å². The molecule has 1 aromatic heterocycles. The molecule has 1 heterocycles. The summed E-state index contributed by atoms with van der Waals surface area (Å²) in [5.74, 6) is -0.00976. The number of rotatable bonds is 5. The van der Waals surface area contributed by atoms with E-state index in [1.807, 2.05) is 23.6 Å². The fourth-order valence-electron chi connectivity index (χ4n) is 1.62. The summed E-state index contributed by atoms with van der Waals surface area (Å²) in [5, 5.41) is 5.84. The molecule has 2 rings (SSSR count). The van der Waals surface area contributed by atoms with Gasteiger partial charge in [-0.05, 0) is 11.6 Å². The Kier molecular flexibility index (Phi) is 4.30. The molecule has 94 valence electrons. The van der Waals surface area contributed by atoms with Crippen LogP contribution in [0.5, 0.6) is 0 Å². The van der Waals surface area contributed by atoms with Crippen LogP contribution in [0.1, 0.15) is 10.6 Å². The van der Waals surface area contributed by atoms with Gasteiger partial charge in [0.05, 0.1) is 11.4 Å². The van der Waals surface area contributed by atoms with Gasteiger partial charge in [0.2, 0.25) is 5.91 Å². The topological polar surface area (TPSA) is 68.0 Å². The van der Waals surface area contributed by atoms with Crippen LogP contribution < -0.4 is 11.1 Å². The predicted molar refractivity (Wildman–Crippen MR) is 73.4 cm³/mol. The van der Waals surface area contributed by atoms with Gasteiger partial charge >= 0.3 is 0 Å². The molecule has 0 fully saturated rings. The highest BCUT2D eigenvalue weighted by molar-refractivity contribution is 7.09. The third-order valence-corrected chi connectivity index (χ3v) is 3.39. The van der Waals surface area contributed by atoms with Gasteiger partial charge in [-0.2, -0.15) is 0 Å². The van der Waals surface area contributed by atoms with E-state index in [1.165, 1.54) is 0 Å². The Bertz CT molecular complexity index is 511. The first-order valence-corrected chi connectivity index (χ1v) is 6.62. The molecule has 4 nitrogen and oxygen atoms in total. The van der Waals surface area contributed by atoms with Crippen molar-refractivity contribution in [2.45, 2.75) is 12.8 Å². The highest BCUT2D eigenvalue weighted by Crippen LogP contribution is 2.10. The van der Waals surface area contributed by atoms with Gasteiger partial charge in [-0.15, -0.1) is 11.3 Å². The lowest BCUT2D eigenvalue weighted by Crippen LogP contribution is -2.27. The van der Waals surface area contributed by atoms with Gasteiger partial charge in [-0.3, -0.25) is 4.79 Å². The van der Waals surface area contributed by atoms with Crippen LogP contribution >= 0.6 is 11.3 Å². The van der Waals surface area contributed by atoms with Gasteiger partial charge in [0.1, 0.15) is 0 Å². The molecule has 0 aliphatic heterocycles. The minimum Gasteiger partial charge on any atom is -0.398 e. The molecule has 5 heteroatoms. The van der Waals surface area contributed by atoms with Crippen molar-refractivity contribution in [2.24, 2.45) is 0 Å². The number of aromatic nitrogens is 1. The van der Waals surface area contributed by atoms with E-state index in [1.54, 1.807) is 23.6 Å². The van der Waals surface area contributed by atoms with E-state index in [0.717, 1.165) is 17.0 Å². The molecular formula is C13H15N3OS. The molecular weight excluding hydrogens is 246 g/mol. The number of anilines is 1.